The molecule has 39 heavy (non-hydrogen) atoms. The van der Waals surface area contributed by atoms with Crippen molar-refractivity contribution in [3.63, 3.8) is 0 Å². The van der Waals surface area contributed by atoms with Crippen molar-refractivity contribution >= 4 is 58.1 Å². The molecule has 0 radical (unpaired) electrons. The van der Waals surface area contributed by atoms with Gasteiger partial charge in [0.25, 0.3) is 11.8 Å². The Hall–Kier alpha value is -3.36. The molecular formula is C24H24ClF3N4O6S. The number of hydrogen-bond donors (Lipinski definition) is 3. The van der Waals surface area contributed by atoms with Gasteiger partial charge in [0, 0.05) is 18.8 Å². The first-order valence-corrected chi connectivity index (χ1v) is 13.1. The Bertz CT molecular complexity index is 1250. The molecule has 1 aliphatic heterocycles. The number of nitrogens with one attached hydrogen (secondary N) is 3. The summed E-state index contributed by atoms with van der Waals surface area (Å²) >= 11 is 6.86. The molecule has 0 bridgehead atoms. The molecule has 0 spiro atoms. The fourth-order valence-corrected chi connectivity index (χ4v) is 4.78. The van der Waals surface area contributed by atoms with Crippen LogP contribution in [0.2, 0.25) is 4.34 Å². The van der Waals surface area contributed by atoms with Crippen LogP contribution in [0.3, 0.4) is 0 Å². The van der Waals surface area contributed by atoms with Crippen LogP contribution in [-0.2, 0) is 25.2 Å². The van der Waals surface area contributed by atoms with Gasteiger partial charge < -0.3 is 30.3 Å². The Labute approximate surface area is 229 Å². The molecule has 1 saturated heterocycles. The van der Waals surface area contributed by atoms with E-state index in [0.29, 0.717) is 23.2 Å². The number of carbonyl (C=O) groups is 4. The first-order valence-electron chi connectivity index (χ1n) is 11.9. The lowest BCUT2D eigenvalue weighted by atomic mass is 9.96. The third kappa shape index (κ3) is 7.40. The van der Waals surface area contributed by atoms with Gasteiger partial charge in [-0.3, -0.25) is 14.4 Å². The number of rotatable bonds is 8. The maximum absolute atomic E-state index is 13.9. The summed E-state index contributed by atoms with van der Waals surface area (Å²) in [4.78, 5) is 51.2. The number of halogens is 4. The molecule has 2 heterocycles. The second-order valence-electron chi connectivity index (χ2n) is 8.79. The average Bonchev–Trinajstić information content (AvgIpc) is 3.30. The van der Waals surface area contributed by atoms with E-state index < -0.39 is 41.6 Å². The summed E-state index contributed by atoms with van der Waals surface area (Å²) < 4.78 is 52.3. The van der Waals surface area contributed by atoms with Crippen molar-refractivity contribution < 1.29 is 41.8 Å². The van der Waals surface area contributed by atoms with Crippen LogP contribution < -0.4 is 20.9 Å². The van der Waals surface area contributed by atoms with Gasteiger partial charge in [0.1, 0.15) is 18.8 Å². The summed E-state index contributed by atoms with van der Waals surface area (Å²) in [5.74, 6) is -2.08. The smallest absolute Gasteiger partial charge is 0.418 e. The number of carbonyl (C=O) groups excluding carboxylic acids is 4. The zero-order valence-corrected chi connectivity index (χ0v) is 21.9. The summed E-state index contributed by atoms with van der Waals surface area (Å²) in [7, 11) is 0. The fourth-order valence-electron chi connectivity index (χ4n) is 3.82. The van der Waals surface area contributed by atoms with Crippen LogP contribution in [0.25, 0.3) is 0 Å². The Kier molecular flexibility index (Phi) is 8.97. The first-order chi connectivity index (χ1) is 18.5. The standard InChI is InChI=1S/C24H24ClF3N4O6S/c25-19-7-6-18(39-19)22(35)29-11-16(31-23(36)38-14-2-1-3-14)21(34)30-13-4-5-17(15(10-13)24(26,27)28)32-8-9-37-12-20(32)33/h4-7,10,14,16H,1-3,8-9,11-12H2,(H,29,35)(H,30,34)(H,31,36). The van der Waals surface area contributed by atoms with Gasteiger partial charge in [-0.15, -0.1) is 11.3 Å². The number of amides is 4. The van der Waals surface area contributed by atoms with Gasteiger partial charge in [0.05, 0.1) is 27.1 Å². The lowest BCUT2D eigenvalue weighted by Gasteiger charge is -2.29. The zero-order valence-electron chi connectivity index (χ0n) is 20.3. The van der Waals surface area contributed by atoms with E-state index in [1.165, 1.54) is 18.2 Å². The maximum Gasteiger partial charge on any atom is 0.418 e. The van der Waals surface area contributed by atoms with Crippen molar-refractivity contribution in [3.05, 3.63) is 45.1 Å². The molecule has 1 unspecified atom stereocenters. The van der Waals surface area contributed by atoms with E-state index in [1.54, 1.807) is 0 Å². The second-order valence-corrected chi connectivity index (χ2v) is 10.5. The third-order valence-electron chi connectivity index (χ3n) is 6.04. The molecule has 15 heteroatoms. The monoisotopic (exact) mass is 588 g/mol. The Morgan fingerprint density at radius 1 is 1.21 bits per heavy atom. The zero-order chi connectivity index (χ0) is 28.2. The van der Waals surface area contributed by atoms with E-state index in [1.807, 2.05) is 0 Å². The Balaban J connectivity index is 1.50. The fraction of sp³-hybridized carbons (Fsp3) is 0.417. The number of nitrogens with zero attached hydrogens (tertiary/aromatic N) is 1. The second kappa shape index (κ2) is 12.2. The summed E-state index contributed by atoms with van der Waals surface area (Å²) in [6.45, 7) is -0.705. The number of anilines is 2. The largest absolute Gasteiger partial charge is 0.446 e. The molecule has 1 saturated carbocycles. The topological polar surface area (TPSA) is 126 Å². The van der Waals surface area contributed by atoms with Crippen molar-refractivity contribution in [3.8, 4) is 0 Å². The van der Waals surface area contributed by atoms with E-state index in [-0.39, 0.29) is 48.7 Å². The van der Waals surface area contributed by atoms with Crippen molar-refractivity contribution in [2.45, 2.75) is 37.6 Å². The lowest BCUT2D eigenvalue weighted by molar-refractivity contribution is -0.137. The molecule has 10 nitrogen and oxygen atoms in total. The highest BCUT2D eigenvalue weighted by Gasteiger charge is 2.37. The molecule has 1 aliphatic carbocycles. The summed E-state index contributed by atoms with van der Waals surface area (Å²) in [5, 5.41) is 7.21. The van der Waals surface area contributed by atoms with Crippen LogP contribution in [0.5, 0.6) is 0 Å². The van der Waals surface area contributed by atoms with E-state index >= 15 is 0 Å². The van der Waals surface area contributed by atoms with Crippen molar-refractivity contribution in [1.29, 1.82) is 0 Å². The Morgan fingerprint density at radius 3 is 2.59 bits per heavy atom. The highest BCUT2D eigenvalue weighted by molar-refractivity contribution is 7.18. The number of alkyl halides is 3. The van der Waals surface area contributed by atoms with Crippen molar-refractivity contribution in [2.24, 2.45) is 0 Å². The van der Waals surface area contributed by atoms with Gasteiger partial charge in [-0.05, 0) is 49.6 Å². The van der Waals surface area contributed by atoms with Gasteiger partial charge in [-0.2, -0.15) is 13.2 Å². The molecule has 1 aromatic heterocycles. The molecule has 4 rings (SSSR count). The van der Waals surface area contributed by atoms with Crippen molar-refractivity contribution in [2.75, 3.05) is 36.5 Å². The summed E-state index contributed by atoms with van der Waals surface area (Å²) in [6, 6.07) is 4.61. The number of benzene rings is 1. The van der Waals surface area contributed by atoms with Gasteiger partial charge in [-0.25, -0.2) is 4.79 Å². The minimum atomic E-state index is -4.84. The number of thiophene rings is 1. The van der Waals surface area contributed by atoms with E-state index in [4.69, 9.17) is 21.1 Å². The average molecular weight is 589 g/mol. The summed E-state index contributed by atoms with van der Waals surface area (Å²) in [5.41, 5.74) is -1.73. The first kappa shape index (κ1) is 28.6. The lowest BCUT2D eigenvalue weighted by Crippen LogP contribution is -2.51. The van der Waals surface area contributed by atoms with E-state index in [9.17, 15) is 32.3 Å². The van der Waals surface area contributed by atoms with Gasteiger partial charge in [0.2, 0.25) is 5.91 Å². The molecule has 1 aromatic carbocycles. The molecule has 2 fully saturated rings. The number of ether oxygens (including phenoxy) is 2. The van der Waals surface area contributed by atoms with Crippen LogP contribution in [-0.4, -0.2) is 62.3 Å². The summed E-state index contributed by atoms with van der Waals surface area (Å²) in [6.07, 6.45) is -3.77. The quantitative estimate of drug-likeness (QED) is 0.431. The van der Waals surface area contributed by atoms with Crippen LogP contribution in [0.15, 0.2) is 30.3 Å². The third-order valence-corrected chi connectivity index (χ3v) is 7.27. The number of morpholine rings is 1. The number of hydrogen-bond acceptors (Lipinski definition) is 7. The minimum Gasteiger partial charge on any atom is -0.446 e. The van der Waals surface area contributed by atoms with Crippen LogP contribution in [0.1, 0.15) is 34.5 Å². The predicted octanol–water partition coefficient (Wildman–Crippen LogP) is 3.80. The van der Waals surface area contributed by atoms with Gasteiger partial charge >= 0.3 is 12.3 Å². The maximum atomic E-state index is 13.9. The molecule has 1 atom stereocenters. The molecule has 210 valence electrons. The van der Waals surface area contributed by atoms with Crippen molar-refractivity contribution in [1.82, 2.24) is 10.6 Å². The highest BCUT2D eigenvalue weighted by Crippen LogP contribution is 2.38. The molecule has 4 amide bonds. The van der Waals surface area contributed by atoms with Crippen LogP contribution >= 0.6 is 22.9 Å². The highest BCUT2D eigenvalue weighted by atomic mass is 35.5. The molecule has 2 aliphatic rings. The van der Waals surface area contributed by atoms with Crippen LogP contribution in [0.4, 0.5) is 29.3 Å². The van der Waals surface area contributed by atoms with E-state index in [2.05, 4.69) is 16.0 Å². The van der Waals surface area contributed by atoms with Crippen LogP contribution in [0, 0.1) is 0 Å². The minimum absolute atomic E-state index is 0.0577. The van der Waals surface area contributed by atoms with E-state index in [0.717, 1.165) is 28.7 Å². The predicted molar refractivity (Wildman–Crippen MR) is 136 cm³/mol. The Morgan fingerprint density at radius 2 is 1.97 bits per heavy atom. The van der Waals surface area contributed by atoms with Gasteiger partial charge in [-0.1, -0.05) is 11.6 Å². The molecule has 3 N–H and O–H groups in total. The SMILES string of the molecule is O=C(NC(CNC(=O)c1ccc(Cl)s1)C(=O)Nc1ccc(N2CCOCC2=O)c(C(F)(F)F)c1)OC1CCC1. The van der Waals surface area contributed by atoms with Gasteiger partial charge in [0.15, 0.2) is 0 Å². The number of alkyl carbamates (subject to hydrolysis) is 1. The molecule has 2 aromatic rings. The normalized spacial score (nSPS) is 16.7. The molecular weight excluding hydrogens is 565 g/mol.